The summed E-state index contributed by atoms with van der Waals surface area (Å²) in [6.45, 7) is 9.75. The van der Waals surface area contributed by atoms with Crippen molar-refractivity contribution in [3.05, 3.63) is 60.3 Å². The standard InChI is InChI=1S/C20H23N3O/c1-5-13(3)14(4)18-11-16(12-22-20(18)21)15-8-7-9-17(10-15)23-19(24)6-2/h6-12H,2,5H2,1,3-4H3,(H2,21,22)(H,23,24)/b14-13+. The van der Waals surface area contributed by atoms with E-state index in [1.165, 1.54) is 11.6 Å². The van der Waals surface area contributed by atoms with Crippen molar-refractivity contribution in [2.45, 2.75) is 27.2 Å². The smallest absolute Gasteiger partial charge is 0.247 e. The summed E-state index contributed by atoms with van der Waals surface area (Å²) in [5, 5.41) is 2.77. The maximum atomic E-state index is 11.5. The van der Waals surface area contributed by atoms with E-state index in [0.717, 1.165) is 28.7 Å². The van der Waals surface area contributed by atoms with Gasteiger partial charge < -0.3 is 11.1 Å². The fourth-order valence-electron chi connectivity index (χ4n) is 2.40. The highest BCUT2D eigenvalue weighted by atomic mass is 16.1. The number of nitrogen functional groups attached to an aromatic ring is 1. The molecular weight excluding hydrogens is 298 g/mol. The van der Waals surface area contributed by atoms with Crippen LogP contribution in [0.15, 0.2) is 54.8 Å². The second-order valence-corrected chi connectivity index (χ2v) is 5.69. The van der Waals surface area contributed by atoms with Gasteiger partial charge in [-0.25, -0.2) is 4.98 Å². The monoisotopic (exact) mass is 321 g/mol. The van der Waals surface area contributed by atoms with E-state index in [1.54, 1.807) is 6.20 Å². The van der Waals surface area contributed by atoms with Gasteiger partial charge in [0.05, 0.1) is 0 Å². The van der Waals surface area contributed by atoms with Gasteiger partial charge in [0.25, 0.3) is 0 Å². The quantitative estimate of drug-likeness (QED) is 0.787. The first-order valence-electron chi connectivity index (χ1n) is 7.92. The Bertz CT molecular complexity index is 806. The molecule has 0 fully saturated rings. The second kappa shape index (κ2) is 7.59. The molecule has 2 aromatic rings. The molecule has 1 amide bonds. The Labute approximate surface area is 143 Å². The van der Waals surface area contributed by atoms with Crippen molar-refractivity contribution in [3.63, 3.8) is 0 Å². The maximum Gasteiger partial charge on any atom is 0.247 e. The van der Waals surface area contributed by atoms with Gasteiger partial charge in [-0.3, -0.25) is 4.79 Å². The van der Waals surface area contributed by atoms with Crippen molar-refractivity contribution in [3.8, 4) is 11.1 Å². The zero-order valence-electron chi connectivity index (χ0n) is 14.4. The van der Waals surface area contributed by atoms with Crippen molar-refractivity contribution in [1.29, 1.82) is 0 Å². The van der Waals surface area contributed by atoms with Crippen LogP contribution in [0.3, 0.4) is 0 Å². The van der Waals surface area contributed by atoms with Gasteiger partial charge in [0, 0.05) is 23.0 Å². The molecule has 124 valence electrons. The number of amides is 1. The SMILES string of the molecule is C=CC(=O)Nc1cccc(-c2cnc(N)c(/C(C)=C(\C)CC)c2)c1. The maximum absolute atomic E-state index is 11.5. The Morgan fingerprint density at radius 2 is 2.04 bits per heavy atom. The average molecular weight is 321 g/mol. The highest BCUT2D eigenvalue weighted by Gasteiger charge is 2.09. The highest BCUT2D eigenvalue weighted by Crippen LogP contribution is 2.29. The van der Waals surface area contributed by atoms with Crippen LogP contribution in [-0.4, -0.2) is 10.9 Å². The molecule has 1 heterocycles. The molecule has 0 atom stereocenters. The number of hydrogen-bond acceptors (Lipinski definition) is 3. The normalized spacial score (nSPS) is 11.6. The van der Waals surface area contributed by atoms with Crippen LogP contribution in [0, 0.1) is 0 Å². The number of aromatic nitrogens is 1. The lowest BCUT2D eigenvalue weighted by atomic mass is 9.98. The predicted octanol–water partition coefficient (Wildman–Crippen LogP) is 4.66. The number of nitrogens with one attached hydrogen (secondary N) is 1. The Morgan fingerprint density at radius 1 is 1.29 bits per heavy atom. The number of pyridine rings is 1. The number of rotatable bonds is 5. The number of nitrogens with two attached hydrogens (primary N) is 1. The molecule has 0 unspecified atom stereocenters. The summed E-state index contributed by atoms with van der Waals surface area (Å²) in [5.74, 6) is 0.292. The third kappa shape index (κ3) is 3.90. The van der Waals surface area contributed by atoms with E-state index >= 15 is 0 Å². The van der Waals surface area contributed by atoms with Crippen molar-refractivity contribution >= 4 is 23.0 Å². The van der Waals surface area contributed by atoms with Crippen LogP contribution >= 0.6 is 0 Å². The molecule has 0 aliphatic rings. The van der Waals surface area contributed by atoms with Crippen molar-refractivity contribution in [2.75, 3.05) is 11.1 Å². The van der Waals surface area contributed by atoms with E-state index in [1.807, 2.05) is 30.3 Å². The minimum atomic E-state index is -0.236. The number of carbonyl (C=O) groups excluding carboxylic acids is 1. The summed E-state index contributed by atoms with van der Waals surface area (Å²) in [6, 6.07) is 9.66. The summed E-state index contributed by atoms with van der Waals surface area (Å²) in [7, 11) is 0. The van der Waals surface area contributed by atoms with E-state index in [0.29, 0.717) is 11.5 Å². The van der Waals surface area contributed by atoms with Gasteiger partial charge in [-0.05, 0) is 55.7 Å². The molecule has 1 aromatic heterocycles. The number of allylic oxidation sites excluding steroid dienone is 2. The molecule has 0 aliphatic heterocycles. The van der Waals surface area contributed by atoms with Crippen molar-refractivity contribution in [2.24, 2.45) is 0 Å². The van der Waals surface area contributed by atoms with E-state index in [2.05, 4.69) is 37.7 Å². The van der Waals surface area contributed by atoms with E-state index in [9.17, 15) is 4.79 Å². The summed E-state index contributed by atoms with van der Waals surface area (Å²) in [4.78, 5) is 15.8. The molecule has 0 saturated heterocycles. The number of hydrogen-bond donors (Lipinski definition) is 2. The minimum absolute atomic E-state index is 0.236. The van der Waals surface area contributed by atoms with Crippen LogP contribution in [0.25, 0.3) is 16.7 Å². The Morgan fingerprint density at radius 3 is 2.71 bits per heavy atom. The molecule has 0 bridgehead atoms. The van der Waals surface area contributed by atoms with E-state index < -0.39 is 0 Å². The van der Waals surface area contributed by atoms with E-state index in [-0.39, 0.29) is 5.91 Å². The average Bonchev–Trinajstić information content (AvgIpc) is 2.60. The molecule has 2 rings (SSSR count). The van der Waals surface area contributed by atoms with Crippen LogP contribution in [0.4, 0.5) is 11.5 Å². The molecule has 4 heteroatoms. The van der Waals surface area contributed by atoms with Crippen LogP contribution in [0.1, 0.15) is 32.8 Å². The number of nitrogens with zero attached hydrogens (tertiary/aromatic N) is 1. The number of benzene rings is 1. The summed E-state index contributed by atoms with van der Waals surface area (Å²) in [5.41, 5.74) is 12.1. The fraction of sp³-hybridized carbons (Fsp3) is 0.200. The third-order valence-corrected chi connectivity index (χ3v) is 4.14. The lowest BCUT2D eigenvalue weighted by Crippen LogP contribution is -2.07. The molecule has 0 aliphatic carbocycles. The number of anilines is 2. The molecule has 4 nitrogen and oxygen atoms in total. The number of carbonyl (C=O) groups is 1. The first-order valence-corrected chi connectivity index (χ1v) is 7.92. The van der Waals surface area contributed by atoms with Crippen molar-refractivity contribution < 1.29 is 4.79 Å². The lowest BCUT2D eigenvalue weighted by Gasteiger charge is -2.12. The van der Waals surface area contributed by atoms with Gasteiger partial charge in [-0.1, -0.05) is 31.2 Å². The molecule has 0 spiro atoms. The first kappa shape index (κ1) is 17.5. The fourth-order valence-corrected chi connectivity index (χ4v) is 2.40. The molecule has 0 radical (unpaired) electrons. The largest absolute Gasteiger partial charge is 0.383 e. The zero-order valence-corrected chi connectivity index (χ0v) is 14.4. The topological polar surface area (TPSA) is 68.0 Å². The predicted molar refractivity (Wildman–Crippen MR) is 101 cm³/mol. The van der Waals surface area contributed by atoms with Crippen molar-refractivity contribution in [1.82, 2.24) is 4.98 Å². The van der Waals surface area contributed by atoms with Gasteiger partial charge in [0.1, 0.15) is 5.82 Å². The highest BCUT2D eigenvalue weighted by molar-refractivity contribution is 5.99. The molecule has 3 N–H and O–H groups in total. The summed E-state index contributed by atoms with van der Waals surface area (Å²) in [6.07, 6.45) is 3.97. The van der Waals surface area contributed by atoms with Crippen LogP contribution in [0.2, 0.25) is 0 Å². The Hall–Kier alpha value is -2.88. The van der Waals surface area contributed by atoms with Crippen LogP contribution in [0.5, 0.6) is 0 Å². The Balaban J connectivity index is 2.45. The zero-order chi connectivity index (χ0) is 17.7. The van der Waals surface area contributed by atoms with Gasteiger partial charge >= 0.3 is 0 Å². The van der Waals surface area contributed by atoms with E-state index in [4.69, 9.17) is 5.73 Å². The molecular formula is C20H23N3O. The van der Waals surface area contributed by atoms with Crippen LogP contribution < -0.4 is 11.1 Å². The summed E-state index contributed by atoms with van der Waals surface area (Å²) < 4.78 is 0. The second-order valence-electron chi connectivity index (χ2n) is 5.69. The molecule has 1 aromatic carbocycles. The third-order valence-electron chi connectivity index (χ3n) is 4.14. The minimum Gasteiger partial charge on any atom is -0.383 e. The van der Waals surface area contributed by atoms with Gasteiger partial charge in [0.15, 0.2) is 0 Å². The molecule has 0 saturated carbocycles. The lowest BCUT2D eigenvalue weighted by molar-refractivity contribution is -0.111. The summed E-state index contributed by atoms with van der Waals surface area (Å²) >= 11 is 0. The van der Waals surface area contributed by atoms with Crippen LogP contribution in [-0.2, 0) is 4.79 Å². The van der Waals surface area contributed by atoms with Gasteiger partial charge in [-0.15, -0.1) is 0 Å². The van der Waals surface area contributed by atoms with Gasteiger partial charge in [-0.2, -0.15) is 0 Å². The first-order chi connectivity index (χ1) is 11.5. The molecule has 24 heavy (non-hydrogen) atoms. The van der Waals surface area contributed by atoms with Gasteiger partial charge in [0.2, 0.25) is 5.91 Å². The Kier molecular flexibility index (Phi) is 5.53.